The largest absolute Gasteiger partial charge is 0.316 e. The van der Waals surface area contributed by atoms with Gasteiger partial charge < -0.3 is 10.2 Å². The predicted octanol–water partition coefficient (Wildman–Crippen LogP) is 2.92. The van der Waals surface area contributed by atoms with Gasteiger partial charge in [-0.15, -0.1) is 0 Å². The molecule has 2 nitrogen and oxygen atoms in total. The van der Waals surface area contributed by atoms with E-state index in [0.29, 0.717) is 5.41 Å². The van der Waals surface area contributed by atoms with Crippen LogP contribution in [0.25, 0.3) is 0 Å². The minimum absolute atomic E-state index is 0.467. The van der Waals surface area contributed by atoms with E-state index in [0.717, 1.165) is 24.0 Å². The van der Waals surface area contributed by atoms with Crippen molar-refractivity contribution in [2.75, 3.05) is 33.2 Å². The molecule has 18 heavy (non-hydrogen) atoms. The molecule has 1 saturated heterocycles. The molecule has 0 saturated carbocycles. The van der Waals surface area contributed by atoms with Gasteiger partial charge in [-0.25, -0.2) is 0 Å². The van der Waals surface area contributed by atoms with Crippen molar-refractivity contribution in [2.45, 2.75) is 19.8 Å². The van der Waals surface area contributed by atoms with Crippen molar-refractivity contribution < 1.29 is 0 Å². The van der Waals surface area contributed by atoms with Crippen molar-refractivity contribution >= 4 is 15.9 Å². The molecular weight excluding hydrogens is 288 g/mol. The SMILES string of the molecule is CN(CCc1ccc(Br)cc1)CC1(C)CCNC1. The molecule has 1 aromatic carbocycles. The van der Waals surface area contributed by atoms with Crippen molar-refractivity contribution in [3.63, 3.8) is 0 Å². The second-order valence-corrected chi connectivity index (χ2v) is 6.77. The summed E-state index contributed by atoms with van der Waals surface area (Å²) in [6.07, 6.45) is 2.43. The van der Waals surface area contributed by atoms with Gasteiger partial charge in [0.1, 0.15) is 0 Å². The zero-order valence-electron chi connectivity index (χ0n) is 11.4. The maximum atomic E-state index is 3.47. The smallest absolute Gasteiger partial charge is 0.0175 e. The van der Waals surface area contributed by atoms with E-state index in [9.17, 15) is 0 Å². The minimum atomic E-state index is 0.467. The summed E-state index contributed by atoms with van der Waals surface area (Å²) in [5.41, 5.74) is 1.88. The molecule has 1 atom stereocenters. The van der Waals surface area contributed by atoms with E-state index < -0.39 is 0 Å². The van der Waals surface area contributed by atoms with Crippen LogP contribution in [0.1, 0.15) is 18.9 Å². The number of hydrogen-bond donors (Lipinski definition) is 1. The first-order chi connectivity index (χ1) is 8.57. The van der Waals surface area contributed by atoms with Crippen molar-refractivity contribution in [3.8, 4) is 0 Å². The van der Waals surface area contributed by atoms with E-state index in [2.05, 4.69) is 64.4 Å². The van der Waals surface area contributed by atoms with Gasteiger partial charge in [-0.1, -0.05) is 35.0 Å². The molecule has 0 radical (unpaired) electrons. The molecule has 0 spiro atoms. The van der Waals surface area contributed by atoms with Crippen LogP contribution in [-0.2, 0) is 6.42 Å². The number of benzene rings is 1. The third-order valence-corrected chi connectivity index (χ3v) is 4.33. The lowest BCUT2D eigenvalue weighted by Gasteiger charge is -2.29. The van der Waals surface area contributed by atoms with Crippen molar-refractivity contribution in [2.24, 2.45) is 5.41 Å². The minimum Gasteiger partial charge on any atom is -0.316 e. The molecule has 0 bridgehead atoms. The molecule has 0 aromatic heterocycles. The zero-order chi connectivity index (χ0) is 13.0. The zero-order valence-corrected chi connectivity index (χ0v) is 13.0. The molecule has 3 heteroatoms. The Morgan fingerprint density at radius 3 is 2.67 bits per heavy atom. The first kappa shape index (κ1) is 14.0. The third kappa shape index (κ3) is 4.08. The van der Waals surface area contributed by atoms with Crippen LogP contribution in [0, 0.1) is 5.41 Å². The van der Waals surface area contributed by atoms with Crippen LogP contribution in [0.15, 0.2) is 28.7 Å². The summed E-state index contributed by atoms with van der Waals surface area (Å²) in [7, 11) is 2.24. The summed E-state index contributed by atoms with van der Waals surface area (Å²) in [5, 5.41) is 3.47. The van der Waals surface area contributed by atoms with E-state index in [1.165, 1.54) is 25.1 Å². The fourth-order valence-electron chi connectivity index (χ4n) is 2.71. The molecule has 1 aliphatic heterocycles. The van der Waals surface area contributed by atoms with Crippen LogP contribution < -0.4 is 5.32 Å². The molecule has 1 unspecified atom stereocenters. The van der Waals surface area contributed by atoms with Gasteiger partial charge in [0.15, 0.2) is 0 Å². The Hall–Kier alpha value is -0.380. The number of halogens is 1. The van der Waals surface area contributed by atoms with Crippen LogP contribution in [-0.4, -0.2) is 38.1 Å². The summed E-state index contributed by atoms with van der Waals surface area (Å²) < 4.78 is 1.16. The highest BCUT2D eigenvalue weighted by Crippen LogP contribution is 2.25. The second-order valence-electron chi connectivity index (χ2n) is 5.85. The van der Waals surface area contributed by atoms with Crippen LogP contribution >= 0.6 is 15.9 Å². The number of likely N-dealkylation sites (N-methyl/N-ethyl adjacent to an activating group) is 1. The van der Waals surface area contributed by atoms with Gasteiger partial charge in [0, 0.05) is 24.1 Å². The predicted molar refractivity (Wildman–Crippen MR) is 80.9 cm³/mol. The van der Waals surface area contributed by atoms with E-state index in [1.807, 2.05) is 0 Å². The van der Waals surface area contributed by atoms with E-state index in [4.69, 9.17) is 0 Å². The molecule has 1 N–H and O–H groups in total. The second kappa shape index (κ2) is 6.18. The summed E-state index contributed by atoms with van der Waals surface area (Å²) >= 11 is 3.47. The lowest BCUT2D eigenvalue weighted by atomic mass is 9.89. The molecule has 1 fully saturated rings. The molecule has 100 valence electrons. The highest BCUT2D eigenvalue weighted by Gasteiger charge is 2.29. The standard InChI is InChI=1S/C15H23BrN2/c1-15(8-9-17-11-15)12-18(2)10-7-13-3-5-14(16)6-4-13/h3-6,17H,7-12H2,1-2H3. The number of rotatable bonds is 5. The number of nitrogens with zero attached hydrogens (tertiary/aromatic N) is 1. The Morgan fingerprint density at radius 1 is 1.33 bits per heavy atom. The van der Waals surface area contributed by atoms with Gasteiger partial charge in [-0.3, -0.25) is 0 Å². The average molecular weight is 311 g/mol. The normalized spacial score (nSPS) is 23.8. The van der Waals surface area contributed by atoms with E-state index in [-0.39, 0.29) is 0 Å². The van der Waals surface area contributed by atoms with Crippen molar-refractivity contribution in [1.29, 1.82) is 0 Å². The monoisotopic (exact) mass is 310 g/mol. The van der Waals surface area contributed by atoms with Crippen LogP contribution in [0.2, 0.25) is 0 Å². The van der Waals surface area contributed by atoms with Gasteiger partial charge in [0.25, 0.3) is 0 Å². The number of hydrogen-bond acceptors (Lipinski definition) is 2. The molecule has 0 aliphatic carbocycles. The topological polar surface area (TPSA) is 15.3 Å². The molecule has 1 aromatic rings. The van der Waals surface area contributed by atoms with Crippen molar-refractivity contribution in [3.05, 3.63) is 34.3 Å². The van der Waals surface area contributed by atoms with Crippen LogP contribution in [0.5, 0.6) is 0 Å². The number of nitrogens with one attached hydrogen (secondary N) is 1. The molecule has 0 amide bonds. The summed E-state index contributed by atoms with van der Waals surface area (Å²) in [6.45, 7) is 7.06. The Balaban J connectivity index is 1.77. The maximum absolute atomic E-state index is 3.47. The summed E-state index contributed by atoms with van der Waals surface area (Å²) in [6, 6.07) is 8.66. The lowest BCUT2D eigenvalue weighted by Crippen LogP contribution is -2.36. The van der Waals surface area contributed by atoms with Gasteiger partial charge in [0.2, 0.25) is 0 Å². The summed E-state index contributed by atoms with van der Waals surface area (Å²) in [5.74, 6) is 0. The molecule has 2 rings (SSSR count). The fraction of sp³-hybridized carbons (Fsp3) is 0.600. The van der Waals surface area contributed by atoms with Crippen LogP contribution in [0.4, 0.5) is 0 Å². The Kier molecular flexibility index (Phi) is 4.82. The van der Waals surface area contributed by atoms with Crippen molar-refractivity contribution in [1.82, 2.24) is 10.2 Å². The maximum Gasteiger partial charge on any atom is 0.0175 e. The fourth-order valence-corrected chi connectivity index (χ4v) is 2.97. The van der Waals surface area contributed by atoms with Gasteiger partial charge in [-0.2, -0.15) is 0 Å². The Morgan fingerprint density at radius 2 is 2.06 bits per heavy atom. The summed E-state index contributed by atoms with van der Waals surface area (Å²) in [4.78, 5) is 2.47. The van der Waals surface area contributed by atoms with Gasteiger partial charge in [-0.05, 0) is 49.5 Å². The first-order valence-corrected chi connectivity index (χ1v) is 7.50. The third-order valence-electron chi connectivity index (χ3n) is 3.80. The highest BCUT2D eigenvalue weighted by atomic mass is 79.9. The first-order valence-electron chi connectivity index (χ1n) is 6.71. The lowest BCUT2D eigenvalue weighted by molar-refractivity contribution is 0.211. The van der Waals surface area contributed by atoms with Gasteiger partial charge >= 0.3 is 0 Å². The highest BCUT2D eigenvalue weighted by molar-refractivity contribution is 9.10. The van der Waals surface area contributed by atoms with Crippen LogP contribution in [0.3, 0.4) is 0 Å². The molecular formula is C15H23BrN2. The molecule has 1 aliphatic rings. The van der Waals surface area contributed by atoms with E-state index in [1.54, 1.807) is 0 Å². The quantitative estimate of drug-likeness (QED) is 0.899. The molecule has 1 heterocycles. The average Bonchev–Trinajstić information content (AvgIpc) is 2.75. The van der Waals surface area contributed by atoms with Gasteiger partial charge in [0.05, 0.1) is 0 Å². The Labute approximate surface area is 119 Å². The van der Waals surface area contributed by atoms with E-state index >= 15 is 0 Å². The Bertz CT molecular complexity index is 369.